The largest absolute Gasteiger partial charge is 0.417 e. The lowest BCUT2D eigenvalue weighted by atomic mass is 9.96. The Morgan fingerprint density at radius 2 is 1.86 bits per heavy atom. The highest BCUT2D eigenvalue weighted by Crippen LogP contribution is 2.41. The zero-order valence-electron chi connectivity index (χ0n) is 16.0. The maximum Gasteiger partial charge on any atom is 0.417 e. The Bertz CT molecular complexity index is 997. The van der Waals surface area contributed by atoms with Gasteiger partial charge in [-0.1, -0.05) is 6.07 Å². The highest BCUT2D eigenvalue weighted by Gasteiger charge is 2.43. The number of benzene rings is 1. The molecular formula is C20H23F3N2O3S. The highest BCUT2D eigenvalue weighted by atomic mass is 32.2. The molecule has 1 heterocycles. The van der Waals surface area contributed by atoms with E-state index in [1.165, 1.54) is 16.9 Å². The van der Waals surface area contributed by atoms with Crippen molar-refractivity contribution in [1.82, 2.24) is 9.78 Å². The van der Waals surface area contributed by atoms with Crippen LogP contribution in [0.2, 0.25) is 0 Å². The summed E-state index contributed by atoms with van der Waals surface area (Å²) in [6.07, 6.45) is 2.43. The van der Waals surface area contributed by atoms with Gasteiger partial charge < -0.3 is 4.74 Å². The van der Waals surface area contributed by atoms with Gasteiger partial charge in [-0.3, -0.25) is 4.68 Å². The quantitative estimate of drug-likeness (QED) is 0.710. The number of aromatic nitrogens is 2. The van der Waals surface area contributed by atoms with Crippen LogP contribution in [0.4, 0.5) is 13.2 Å². The maximum absolute atomic E-state index is 13.8. The van der Waals surface area contributed by atoms with Gasteiger partial charge in [0.25, 0.3) is 0 Å². The molecule has 0 saturated heterocycles. The summed E-state index contributed by atoms with van der Waals surface area (Å²) in [5.74, 6) is 0. The third kappa shape index (κ3) is 4.07. The van der Waals surface area contributed by atoms with Crippen LogP contribution in [0.25, 0.3) is 11.1 Å². The van der Waals surface area contributed by atoms with Crippen LogP contribution in [0.15, 0.2) is 35.5 Å². The number of ether oxygens (including phenoxy) is 1. The van der Waals surface area contributed by atoms with Gasteiger partial charge in [-0.15, -0.1) is 0 Å². The molecule has 2 aromatic rings. The molecule has 2 atom stereocenters. The van der Waals surface area contributed by atoms with Crippen molar-refractivity contribution >= 4 is 9.84 Å². The molecular weight excluding hydrogens is 405 g/mol. The second kappa shape index (κ2) is 7.43. The molecule has 0 spiro atoms. The molecule has 1 aromatic carbocycles. The van der Waals surface area contributed by atoms with E-state index in [4.69, 9.17) is 4.74 Å². The van der Waals surface area contributed by atoms with Crippen molar-refractivity contribution < 1.29 is 26.3 Å². The minimum absolute atomic E-state index is 0.172. The van der Waals surface area contributed by atoms with Gasteiger partial charge in [0, 0.05) is 18.8 Å². The third-order valence-corrected chi connectivity index (χ3v) is 8.12. The lowest BCUT2D eigenvalue weighted by molar-refractivity contribution is -0.139. The number of rotatable bonds is 5. The van der Waals surface area contributed by atoms with Gasteiger partial charge in [0.1, 0.15) is 0 Å². The van der Waals surface area contributed by atoms with Crippen LogP contribution in [0.1, 0.15) is 44.1 Å². The molecule has 9 heteroatoms. The minimum atomic E-state index is -4.78. The van der Waals surface area contributed by atoms with E-state index in [9.17, 15) is 21.6 Å². The third-order valence-electron chi connectivity index (χ3n) is 5.84. The average molecular weight is 428 g/mol. The van der Waals surface area contributed by atoms with Gasteiger partial charge in [0.2, 0.25) is 0 Å². The molecule has 2 fully saturated rings. The molecule has 2 aliphatic rings. The standard InChI is InChI=1S/C20H23F3N2O3S/c1-25-12-14(11-24-25)13-5-8-19(18(9-13)20(21,22)23)29(26,27)17-7-6-16(10-17)28-15-3-2-4-15/h5,8-9,11-12,15-17H,2-4,6-7,10H2,1H3. The van der Waals surface area contributed by atoms with E-state index in [0.29, 0.717) is 18.4 Å². The minimum Gasteiger partial charge on any atom is -0.375 e. The van der Waals surface area contributed by atoms with Crippen molar-refractivity contribution in [2.75, 3.05) is 0 Å². The van der Waals surface area contributed by atoms with Gasteiger partial charge in [0.05, 0.1) is 34.1 Å². The molecule has 2 aliphatic carbocycles. The molecule has 1 aromatic heterocycles. The van der Waals surface area contributed by atoms with Gasteiger partial charge in [-0.05, 0) is 56.2 Å². The first-order chi connectivity index (χ1) is 13.6. The Morgan fingerprint density at radius 3 is 2.45 bits per heavy atom. The summed E-state index contributed by atoms with van der Waals surface area (Å²) in [5.41, 5.74) is -0.346. The first-order valence-electron chi connectivity index (χ1n) is 9.74. The number of hydrogen-bond acceptors (Lipinski definition) is 4. The van der Waals surface area contributed by atoms with Gasteiger partial charge in [-0.25, -0.2) is 8.42 Å². The molecule has 5 nitrogen and oxygen atoms in total. The fourth-order valence-electron chi connectivity index (χ4n) is 4.01. The summed E-state index contributed by atoms with van der Waals surface area (Å²) in [6.45, 7) is 0. The lowest BCUT2D eigenvalue weighted by Crippen LogP contribution is -2.28. The average Bonchev–Trinajstić information content (AvgIpc) is 3.26. The summed E-state index contributed by atoms with van der Waals surface area (Å²) in [6, 6.07) is 3.40. The number of halogens is 3. The zero-order chi connectivity index (χ0) is 20.8. The van der Waals surface area contributed by atoms with E-state index in [2.05, 4.69) is 5.10 Å². The topological polar surface area (TPSA) is 61.2 Å². The van der Waals surface area contributed by atoms with Crippen LogP contribution in [-0.2, 0) is 27.8 Å². The van der Waals surface area contributed by atoms with E-state index < -0.39 is 31.7 Å². The van der Waals surface area contributed by atoms with Crippen molar-refractivity contribution in [2.24, 2.45) is 7.05 Å². The number of hydrogen-bond donors (Lipinski definition) is 0. The Balaban J connectivity index is 1.64. The lowest BCUT2D eigenvalue weighted by Gasteiger charge is -2.29. The zero-order valence-corrected chi connectivity index (χ0v) is 16.8. The predicted octanol–water partition coefficient (Wildman–Crippen LogP) is 4.37. The maximum atomic E-state index is 13.8. The van der Waals surface area contributed by atoms with Crippen molar-refractivity contribution in [3.8, 4) is 11.1 Å². The normalized spacial score (nSPS) is 23.3. The molecule has 2 saturated carbocycles. The van der Waals surface area contributed by atoms with Crippen LogP contribution in [0.3, 0.4) is 0 Å². The van der Waals surface area contributed by atoms with E-state index in [1.807, 2.05) is 0 Å². The Morgan fingerprint density at radius 1 is 1.10 bits per heavy atom. The Kier molecular flexibility index (Phi) is 5.23. The van der Waals surface area contributed by atoms with Crippen molar-refractivity contribution in [1.29, 1.82) is 0 Å². The van der Waals surface area contributed by atoms with E-state index in [-0.39, 0.29) is 24.2 Å². The van der Waals surface area contributed by atoms with Crippen molar-refractivity contribution in [3.05, 3.63) is 36.2 Å². The van der Waals surface area contributed by atoms with Crippen molar-refractivity contribution in [3.63, 3.8) is 0 Å². The van der Waals surface area contributed by atoms with Crippen molar-refractivity contribution in [2.45, 2.75) is 67.1 Å². The van der Waals surface area contributed by atoms with Gasteiger partial charge in [0.15, 0.2) is 9.84 Å². The molecule has 4 rings (SSSR count). The Hall–Kier alpha value is -1.87. The molecule has 0 amide bonds. The number of sulfone groups is 1. The van der Waals surface area contributed by atoms with Crippen LogP contribution >= 0.6 is 0 Å². The van der Waals surface area contributed by atoms with E-state index >= 15 is 0 Å². The molecule has 0 N–H and O–H groups in total. The summed E-state index contributed by atoms with van der Waals surface area (Å²) >= 11 is 0. The first-order valence-corrected chi connectivity index (χ1v) is 11.3. The predicted molar refractivity (Wildman–Crippen MR) is 101 cm³/mol. The van der Waals surface area contributed by atoms with E-state index in [0.717, 1.165) is 31.4 Å². The van der Waals surface area contributed by atoms with Crippen LogP contribution in [0, 0.1) is 0 Å². The summed E-state index contributed by atoms with van der Waals surface area (Å²) in [7, 11) is -2.46. The molecule has 0 radical (unpaired) electrons. The van der Waals surface area contributed by atoms with Crippen LogP contribution < -0.4 is 0 Å². The molecule has 2 unspecified atom stereocenters. The molecule has 0 aliphatic heterocycles. The monoisotopic (exact) mass is 428 g/mol. The smallest absolute Gasteiger partial charge is 0.375 e. The fourth-order valence-corrected chi connectivity index (χ4v) is 6.03. The fraction of sp³-hybridized carbons (Fsp3) is 0.550. The Labute approximate surface area is 167 Å². The molecule has 0 bridgehead atoms. The SMILES string of the molecule is Cn1cc(-c2ccc(S(=O)(=O)C3CCC(OC4CCC4)C3)c(C(F)(F)F)c2)cn1. The summed E-state index contributed by atoms with van der Waals surface area (Å²) < 4.78 is 74.8. The van der Waals surface area contributed by atoms with E-state index in [1.54, 1.807) is 13.2 Å². The number of nitrogens with zero attached hydrogens (tertiary/aromatic N) is 2. The van der Waals surface area contributed by atoms with Crippen LogP contribution in [0.5, 0.6) is 0 Å². The van der Waals surface area contributed by atoms with Gasteiger partial charge >= 0.3 is 6.18 Å². The first kappa shape index (κ1) is 20.4. The second-order valence-electron chi connectivity index (χ2n) is 7.90. The molecule has 158 valence electrons. The second-order valence-corrected chi connectivity index (χ2v) is 10.1. The number of aryl methyl sites for hydroxylation is 1. The van der Waals surface area contributed by atoms with Gasteiger partial charge in [-0.2, -0.15) is 18.3 Å². The summed E-state index contributed by atoms with van der Waals surface area (Å²) in [4.78, 5) is -0.646. The molecule has 29 heavy (non-hydrogen) atoms. The highest BCUT2D eigenvalue weighted by molar-refractivity contribution is 7.92. The van der Waals surface area contributed by atoms with Crippen LogP contribution in [-0.4, -0.2) is 35.7 Å². The summed E-state index contributed by atoms with van der Waals surface area (Å²) in [5, 5.41) is 3.12. The number of alkyl halides is 3.